The lowest BCUT2D eigenvalue weighted by Gasteiger charge is -2.46. The zero-order chi connectivity index (χ0) is 25.7. The summed E-state index contributed by atoms with van der Waals surface area (Å²) < 4.78 is 29.0. The monoisotopic (exact) mass is 491 g/mol. The van der Waals surface area contributed by atoms with E-state index in [-0.39, 0.29) is 30.1 Å². The highest BCUT2D eigenvalue weighted by molar-refractivity contribution is 6.42. The Kier molecular flexibility index (Phi) is 6.29. The maximum atomic E-state index is 14.5. The number of nitrogens with one attached hydrogen (secondary N) is 1. The van der Waals surface area contributed by atoms with E-state index in [9.17, 15) is 28.0 Å². The summed E-state index contributed by atoms with van der Waals surface area (Å²) in [7, 11) is 17.5. The molecule has 0 bridgehead atoms. The second-order valence-corrected chi connectivity index (χ2v) is 8.83. The molecule has 4 amide bonds. The van der Waals surface area contributed by atoms with Crippen LogP contribution in [0.3, 0.4) is 0 Å². The SMILES string of the molecule is [B]C1C[C@]([B])(N2Cc3cc(CNC(=O)C(F)(F)c4ccc(Cl)cc4)ccc3C2=O)C(=O)N([B])C1=O. The molecule has 2 aliphatic rings. The molecule has 0 spiro atoms. The maximum absolute atomic E-state index is 14.5. The van der Waals surface area contributed by atoms with Crippen LogP contribution in [0, 0.1) is 0 Å². The Morgan fingerprint density at radius 1 is 1.17 bits per heavy atom. The van der Waals surface area contributed by atoms with Crippen molar-refractivity contribution in [1.29, 1.82) is 0 Å². The van der Waals surface area contributed by atoms with Gasteiger partial charge in [0, 0.05) is 35.1 Å². The van der Waals surface area contributed by atoms with Gasteiger partial charge in [0.1, 0.15) is 7.85 Å². The molecule has 1 unspecified atom stereocenters. The molecule has 35 heavy (non-hydrogen) atoms. The Bertz CT molecular complexity index is 1250. The lowest BCUT2D eigenvalue weighted by Crippen LogP contribution is -2.65. The second kappa shape index (κ2) is 8.82. The number of rotatable bonds is 5. The summed E-state index contributed by atoms with van der Waals surface area (Å²) in [6, 6.07) is 9.11. The van der Waals surface area contributed by atoms with Gasteiger partial charge in [0.25, 0.3) is 11.8 Å². The highest BCUT2D eigenvalue weighted by Gasteiger charge is 2.51. The van der Waals surface area contributed by atoms with Gasteiger partial charge in [0.2, 0.25) is 19.8 Å². The number of carbonyl (C=O) groups is 4. The van der Waals surface area contributed by atoms with Gasteiger partial charge in [0.05, 0.1) is 13.3 Å². The van der Waals surface area contributed by atoms with Crippen LogP contribution in [0.2, 0.25) is 10.8 Å². The van der Waals surface area contributed by atoms with Crippen LogP contribution in [-0.4, -0.2) is 62.5 Å². The van der Waals surface area contributed by atoms with E-state index in [2.05, 4.69) is 5.32 Å². The van der Waals surface area contributed by atoms with E-state index in [4.69, 9.17) is 35.3 Å². The van der Waals surface area contributed by atoms with Gasteiger partial charge in [-0.1, -0.05) is 35.9 Å². The molecule has 0 aliphatic carbocycles. The van der Waals surface area contributed by atoms with Crippen LogP contribution < -0.4 is 5.32 Å². The Morgan fingerprint density at radius 2 is 1.83 bits per heavy atom. The highest BCUT2D eigenvalue weighted by Crippen LogP contribution is 2.37. The average molecular weight is 491 g/mol. The van der Waals surface area contributed by atoms with E-state index in [0.717, 1.165) is 17.0 Å². The van der Waals surface area contributed by atoms with Gasteiger partial charge in [-0.15, -0.1) is 0 Å². The molecule has 172 valence electrons. The summed E-state index contributed by atoms with van der Waals surface area (Å²) >= 11 is 5.71. The number of benzene rings is 2. The fraction of sp³-hybridized carbons (Fsp3) is 0.273. The molecule has 4 rings (SSSR count). The van der Waals surface area contributed by atoms with Crippen molar-refractivity contribution in [3.63, 3.8) is 0 Å². The smallest absolute Gasteiger partial charge is 0.346 e. The number of fused-ring (bicyclic) bond motifs is 1. The fourth-order valence-electron chi connectivity index (χ4n) is 4.11. The second-order valence-electron chi connectivity index (χ2n) is 8.40. The molecule has 1 saturated heterocycles. The Labute approximate surface area is 208 Å². The first-order valence-electron chi connectivity index (χ1n) is 10.4. The fourth-order valence-corrected chi connectivity index (χ4v) is 4.24. The minimum absolute atomic E-state index is 0.103. The maximum Gasteiger partial charge on any atom is 0.349 e. The van der Waals surface area contributed by atoms with E-state index in [1.807, 2.05) is 0 Å². The third-order valence-electron chi connectivity index (χ3n) is 6.08. The summed E-state index contributed by atoms with van der Waals surface area (Å²) in [6.45, 7) is -0.347. The van der Waals surface area contributed by atoms with Crippen LogP contribution in [0.4, 0.5) is 8.78 Å². The molecule has 1 N–H and O–H groups in total. The number of amides is 4. The van der Waals surface area contributed by atoms with Gasteiger partial charge >= 0.3 is 5.92 Å². The van der Waals surface area contributed by atoms with Crippen molar-refractivity contribution in [2.24, 2.45) is 0 Å². The molecule has 7 nitrogen and oxygen atoms in total. The molecular formula is C22H15B3ClF2N3O4. The van der Waals surface area contributed by atoms with Crippen LogP contribution in [-0.2, 0) is 33.4 Å². The average Bonchev–Trinajstić information content (AvgIpc) is 3.16. The Balaban J connectivity index is 1.49. The highest BCUT2D eigenvalue weighted by atomic mass is 35.5. The predicted octanol–water partition coefficient (Wildman–Crippen LogP) is 1.37. The van der Waals surface area contributed by atoms with Crippen molar-refractivity contribution in [3.05, 3.63) is 69.7 Å². The zero-order valence-corrected chi connectivity index (χ0v) is 18.9. The van der Waals surface area contributed by atoms with E-state index in [1.165, 1.54) is 30.3 Å². The van der Waals surface area contributed by atoms with Gasteiger partial charge in [-0.05, 0) is 35.7 Å². The molecule has 2 aliphatic heterocycles. The number of nitrogens with zero attached hydrogens (tertiary/aromatic N) is 2. The van der Waals surface area contributed by atoms with E-state index >= 15 is 0 Å². The summed E-state index contributed by atoms with van der Waals surface area (Å²) in [5.74, 6) is -8.82. The number of carbonyl (C=O) groups excluding carboxylic acids is 4. The number of alkyl halides is 2. The Morgan fingerprint density at radius 3 is 2.49 bits per heavy atom. The van der Waals surface area contributed by atoms with Crippen molar-refractivity contribution in [2.75, 3.05) is 0 Å². The first kappa shape index (κ1) is 25.0. The number of hydrogen-bond acceptors (Lipinski definition) is 4. The summed E-state index contributed by atoms with van der Waals surface area (Å²) in [5, 5.41) is 2.44. The number of hydrogen-bond donors (Lipinski definition) is 1. The molecular weight excluding hydrogens is 476 g/mol. The van der Waals surface area contributed by atoms with Gasteiger partial charge in [-0.3, -0.25) is 19.2 Å². The molecule has 2 heterocycles. The van der Waals surface area contributed by atoms with Crippen LogP contribution in [0.15, 0.2) is 42.5 Å². The zero-order valence-electron chi connectivity index (χ0n) is 18.1. The molecule has 0 saturated carbocycles. The van der Waals surface area contributed by atoms with E-state index in [1.54, 1.807) is 0 Å². The minimum Gasteiger partial charge on any atom is -0.346 e. The predicted molar refractivity (Wildman–Crippen MR) is 124 cm³/mol. The first-order chi connectivity index (χ1) is 16.4. The summed E-state index contributed by atoms with van der Waals surface area (Å²) in [4.78, 5) is 51.0. The van der Waals surface area contributed by atoms with Gasteiger partial charge < -0.3 is 15.0 Å². The molecule has 2 aromatic carbocycles. The molecule has 1 fully saturated rings. The van der Waals surface area contributed by atoms with E-state index < -0.39 is 46.4 Å². The number of halogens is 3. The van der Waals surface area contributed by atoms with Gasteiger partial charge in [-0.25, -0.2) is 0 Å². The molecule has 2 aromatic rings. The standard InChI is InChI=1S/C22H15B3ClF2N3O4/c23-16-8-21(24,20(35)31(25)18(16)33)30-10-12-7-11(1-6-15(12)17(30)32)9-29-19(34)22(27,28)13-2-4-14(26)5-3-13/h1-7,16H,8-10H2,(H,29,34)/t16?,21-/m0/s1. The van der Waals surface area contributed by atoms with Crippen molar-refractivity contribution in [2.45, 2.75) is 36.7 Å². The third-order valence-corrected chi connectivity index (χ3v) is 6.33. The van der Waals surface area contributed by atoms with E-state index in [0.29, 0.717) is 15.9 Å². The molecule has 2 atom stereocenters. The normalized spacial score (nSPS) is 22.4. The van der Waals surface area contributed by atoms with Crippen LogP contribution in [0.5, 0.6) is 0 Å². The molecule has 0 aromatic heterocycles. The van der Waals surface area contributed by atoms with Crippen molar-refractivity contribution in [1.82, 2.24) is 15.0 Å². The summed E-state index contributed by atoms with van der Waals surface area (Å²) in [5.41, 5.74) is -1.32. The van der Waals surface area contributed by atoms with Crippen LogP contribution >= 0.6 is 11.6 Å². The van der Waals surface area contributed by atoms with Crippen molar-refractivity contribution in [3.8, 4) is 0 Å². The van der Waals surface area contributed by atoms with Crippen LogP contribution in [0.25, 0.3) is 0 Å². The lowest BCUT2D eigenvalue weighted by atomic mass is 9.61. The Hall–Kier alpha value is -3.14. The number of piperidine rings is 1. The molecule has 6 radical (unpaired) electrons. The largest absolute Gasteiger partial charge is 0.349 e. The minimum atomic E-state index is -3.79. The van der Waals surface area contributed by atoms with Crippen LogP contribution in [0.1, 0.15) is 33.5 Å². The van der Waals surface area contributed by atoms with Gasteiger partial charge in [-0.2, -0.15) is 8.78 Å². The quantitative estimate of drug-likeness (QED) is 0.506. The van der Waals surface area contributed by atoms with Crippen molar-refractivity contribution < 1.29 is 28.0 Å². The van der Waals surface area contributed by atoms with Crippen molar-refractivity contribution >= 4 is 58.9 Å². The number of imide groups is 1. The first-order valence-corrected chi connectivity index (χ1v) is 10.8. The third kappa shape index (κ3) is 4.24. The topological polar surface area (TPSA) is 86.8 Å². The molecule has 13 heteroatoms. The summed E-state index contributed by atoms with van der Waals surface area (Å²) in [6.07, 6.45) is -0.319. The lowest BCUT2D eigenvalue weighted by molar-refractivity contribution is -0.148. The van der Waals surface area contributed by atoms with Gasteiger partial charge in [0.15, 0.2) is 0 Å².